The molecule has 0 aliphatic heterocycles. The Kier molecular flexibility index (Phi) is 6.53. The second-order valence-corrected chi connectivity index (χ2v) is 7.05. The maximum absolute atomic E-state index is 3.75. The minimum Gasteiger partial charge on any atom is -0.312 e. The fraction of sp³-hybridized carbons (Fsp3) is 0.647. The molecule has 1 aliphatic carbocycles. The van der Waals surface area contributed by atoms with Gasteiger partial charge in [0.1, 0.15) is 0 Å². The molecule has 0 amide bonds. The summed E-state index contributed by atoms with van der Waals surface area (Å²) in [6.07, 6.45) is 6.96. The normalized spacial score (nSPS) is 18.4. The molecule has 20 heavy (non-hydrogen) atoms. The Hall–Kier alpha value is -0.380. The number of halogens is 1. The Balaban J connectivity index is 1.75. The molecule has 1 saturated carbocycles. The third-order valence-electron chi connectivity index (χ3n) is 4.38. The third-order valence-corrected chi connectivity index (χ3v) is 4.87. The Labute approximate surface area is 132 Å². The van der Waals surface area contributed by atoms with E-state index in [0.717, 1.165) is 23.6 Å². The zero-order chi connectivity index (χ0) is 14.4. The van der Waals surface area contributed by atoms with Gasteiger partial charge in [-0.15, -0.1) is 0 Å². The van der Waals surface area contributed by atoms with Crippen LogP contribution < -0.4 is 5.32 Å². The van der Waals surface area contributed by atoms with Gasteiger partial charge in [-0.1, -0.05) is 47.3 Å². The topological polar surface area (TPSA) is 15.3 Å². The molecule has 0 saturated heterocycles. The smallest absolute Gasteiger partial charge is 0.0234 e. The molecule has 3 heteroatoms. The van der Waals surface area contributed by atoms with Gasteiger partial charge in [-0.3, -0.25) is 4.90 Å². The van der Waals surface area contributed by atoms with Gasteiger partial charge in [0, 0.05) is 29.6 Å². The molecular formula is C17H27BrN2. The van der Waals surface area contributed by atoms with Gasteiger partial charge in [0.25, 0.3) is 0 Å². The van der Waals surface area contributed by atoms with Crippen molar-refractivity contribution in [3.63, 3.8) is 0 Å². The predicted molar refractivity (Wildman–Crippen MR) is 89.9 cm³/mol. The van der Waals surface area contributed by atoms with E-state index in [4.69, 9.17) is 0 Å². The van der Waals surface area contributed by atoms with Crippen molar-refractivity contribution in [2.75, 3.05) is 13.6 Å². The molecule has 2 rings (SSSR count). The number of hydrogen-bond donors (Lipinski definition) is 1. The molecule has 0 heterocycles. The van der Waals surface area contributed by atoms with E-state index in [2.05, 4.69) is 64.4 Å². The number of hydrogen-bond acceptors (Lipinski definition) is 2. The highest BCUT2D eigenvalue weighted by molar-refractivity contribution is 9.10. The Morgan fingerprint density at radius 1 is 1.30 bits per heavy atom. The van der Waals surface area contributed by atoms with Gasteiger partial charge in [0.05, 0.1) is 0 Å². The summed E-state index contributed by atoms with van der Waals surface area (Å²) < 4.78 is 1.16. The quantitative estimate of drug-likeness (QED) is 0.836. The minimum absolute atomic E-state index is 0.566. The lowest BCUT2D eigenvalue weighted by molar-refractivity contribution is 0.230. The van der Waals surface area contributed by atoms with Crippen molar-refractivity contribution in [2.45, 2.75) is 57.7 Å². The van der Waals surface area contributed by atoms with Crippen LogP contribution in [0, 0.1) is 0 Å². The fourth-order valence-corrected chi connectivity index (χ4v) is 3.33. The summed E-state index contributed by atoms with van der Waals surface area (Å²) in [5, 5.41) is 3.75. The van der Waals surface area contributed by atoms with Crippen molar-refractivity contribution in [1.29, 1.82) is 0 Å². The standard InChI is InChI=1S/C17H27BrN2/c1-14(12-19-17-9-4-3-5-10-17)20(2)13-15-7-6-8-16(18)11-15/h6-8,11,14,17,19H,3-5,9-10,12-13H2,1-2H3. The highest BCUT2D eigenvalue weighted by Crippen LogP contribution is 2.18. The summed E-state index contributed by atoms with van der Waals surface area (Å²) in [6.45, 7) is 4.41. The first-order chi connectivity index (χ1) is 9.65. The lowest BCUT2D eigenvalue weighted by Gasteiger charge is -2.29. The number of benzene rings is 1. The first-order valence-corrected chi connectivity index (χ1v) is 8.62. The molecule has 1 aromatic carbocycles. The van der Waals surface area contributed by atoms with Gasteiger partial charge in [-0.2, -0.15) is 0 Å². The van der Waals surface area contributed by atoms with Gasteiger partial charge in [0.2, 0.25) is 0 Å². The molecule has 0 radical (unpaired) electrons. The summed E-state index contributed by atoms with van der Waals surface area (Å²) in [7, 11) is 2.22. The number of likely N-dealkylation sites (N-methyl/N-ethyl adjacent to an activating group) is 1. The van der Waals surface area contributed by atoms with E-state index in [1.54, 1.807) is 0 Å². The predicted octanol–water partition coefficient (Wildman–Crippen LogP) is 4.19. The van der Waals surface area contributed by atoms with Crippen LogP contribution in [0.25, 0.3) is 0 Å². The van der Waals surface area contributed by atoms with Crippen molar-refractivity contribution < 1.29 is 0 Å². The molecule has 1 aromatic rings. The summed E-state index contributed by atoms with van der Waals surface area (Å²) in [5.41, 5.74) is 1.37. The van der Waals surface area contributed by atoms with E-state index in [9.17, 15) is 0 Å². The largest absolute Gasteiger partial charge is 0.312 e. The average Bonchev–Trinajstić information content (AvgIpc) is 2.46. The summed E-state index contributed by atoms with van der Waals surface area (Å²) in [5.74, 6) is 0. The number of rotatable bonds is 6. The first kappa shape index (κ1) is 16.0. The van der Waals surface area contributed by atoms with Crippen LogP contribution in [0.5, 0.6) is 0 Å². The van der Waals surface area contributed by atoms with Crippen molar-refractivity contribution >= 4 is 15.9 Å². The molecule has 0 spiro atoms. The zero-order valence-electron chi connectivity index (χ0n) is 12.7. The molecule has 1 atom stereocenters. The molecule has 1 N–H and O–H groups in total. The van der Waals surface area contributed by atoms with Crippen LogP contribution in [-0.4, -0.2) is 30.6 Å². The monoisotopic (exact) mass is 338 g/mol. The molecule has 0 aromatic heterocycles. The zero-order valence-corrected chi connectivity index (χ0v) is 14.3. The molecule has 1 unspecified atom stereocenters. The maximum atomic E-state index is 3.75. The van der Waals surface area contributed by atoms with Gasteiger partial charge < -0.3 is 5.32 Å². The van der Waals surface area contributed by atoms with Crippen molar-refractivity contribution in [3.8, 4) is 0 Å². The highest BCUT2D eigenvalue weighted by Gasteiger charge is 2.15. The van der Waals surface area contributed by atoms with Gasteiger partial charge in [0.15, 0.2) is 0 Å². The summed E-state index contributed by atoms with van der Waals surface area (Å²) in [6, 6.07) is 9.91. The molecule has 1 fully saturated rings. The fourth-order valence-electron chi connectivity index (χ4n) is 2.88. The lowest BCUT2D eigenvalue weighted by atomic mass is 9.95. The van der Waals surface area contributed by atoms with Crippen LogP contribution in [0.2, 0.25) is 0 Å². The molecule has 2 nitrogen and oxygen atoms in total. The van der Waals surface area contributed by atoms with Crippen molar-refractivity contribution in [1.82, 2.24) is 10.2 Å². The van der Waals surface area contributed by atoms with Crippen molar-refractivity contribution in [3.05, 3.63) is 34.3 Å². The van der Waals surface area contributed by atoms with Crippen LogP contribution in [0.1, 0.15) is 44.6 Å². The Bertz CT molecular complexity index is 402. The Morgan fingerprint density at radius 3 is 2.75 bits per heavy atom. The lowest BCUT2D eigenvalue weighted by Crippen LogP contribution is -2.42. The maximum Gasteiger partial charge on any atom is 0.0234 e. The Morgan fingerprint density at radius 2 is 2.05 bits per heavy atom. The first-order valence-electron chi connectivity index (χ1n) is 7.83. The third kappa shape index (κ3) is 5.19. The molecule has 0 bridgehead atoms. The molecular weight excluding hydrogens is 312 g/mol. The van der Waals surface area contributed by atoms with Crippen LogP contribution in [0.3, 0.4) is 0 Å². The van der Waals surface area contributed by atoms with E-state index in [-0.39, 0.29) is 0 Å². The average molecular weight is 339 g/mol. The van der Waals surface area contributed by atoms with Crippen LogP contribution in [0.4, 0.5) is 0 Å². The highest BCUT2D eigenvalue weighted by atomic mass is 79.9. The van der Waals surface area contributed by atoms with Gasteiger partial charge >= 0.3 is 0 Å². The van der Waals surface area contributed by atoms with Crippen LogP contribution in [0.15, 0.2) is 28.7 Å². The second-order valence-electron chi connectivity index (χ2n) is 6.14. The summed E-state index contributed by atoms with van der Waals surface area (Å²) in [4.78, 5) is 2.43. The minimum atomic E-state index is 0.566. The van der Waals surface area contributed by atoms with Gasteiger partial charge in [-0.25, -0.2) is 0 Å². The van der Waals surface area contributed by atoms with Gasteiger partial charge in [-0.05, 0) is 44.5 Å². The SMILES string of the molecule is CC(CNC1CCCCC1)N(C)Cc1cccc(Br)c1. The van der Waals surface area contributed by atoms with E-state index in [0.29, 0.717) is 6.04 Å². The molecule has 112 valence electrons. The second kappa shape index (κ2) is 8.16. The summed E-state index contributed by atoms with van der Waals surface area (Å²) >= 11 is 3.54. The van der Waals surface area contributed by atoms with E-state index >= 15 is 0 Å². The van der Waals surface area contributed by atoms with Crippen LogP contribution >= 0.6 is 15.9 Å². The van der Waals surface area contributed by atoms with Crippen molar-refractivity contribution in [2.24, 2.45) is 0 Å². The van der Waals surface area contributed by atoms with E-state index < -0.39 is 0 Å². The van der Waals surface area contributed by atoms with E-state index in [1.807, 2.05) is 0 Å². The molecule has 1 aliphatic rings. The number of nitrogens with zero attached hydrogens (tertiary/aromatic N) is 1. The van der Waals surface area contributed by atoms with Crippen LogP contribution in [-0.2, 0) is 6.54 Å². The van der Waals surface area contributed by atoms with E-state index in [1.165, 1.54) is 37.7 Å². The number of nitrogens with one attached hydrogen (secondary N) is 1.